The van der Waals surface area contributed by atoms with Gasteiger partial charge in [-0.05, 0) is 58.4 Å². The molecule has 2 aromatic carbocycles. The number of halogens is 1. The zero-order valence-electron chi connectivity index (χ0n) is 20.2. The number of carbonyl (C=O) groups is 2. The lowest BCUT2D eigenvalue weighted by molar-refractivity contribution is -0.121. The zero-order chi connectivity index (χ0) is 26.4. The van der Waals surface area contributed by atoms with Gasteiger partial charge in [-0.25, -0.2) is 4.98 Å². The average Bonchev–Trinajstić information content (AvgIpc) is 3.37. The smallest absolute Gasteiger partial charge is 0.291 e. The van der Waals surface area contributed by atoms with Crippen molar-refractivity contribution in [3.8, 4) is 5.75 Å². The van der Waals surface area contributed by atoms with Crippen LogP contribution in [0.2, 0.25) is 0 Å². The Bertz CT molecular complexity index is 1470. The van der Waals surface area contributed by atoms with Crippen molar-refractivity contribution in [3.05, 3.63) is 85.9 Å². The van der Waals surface area contributed by atoms with Crippen LogP contribution >= 0.6 is 39.0 Å². The second-order valence-electron chi connectivity index (χ2n) is 8.14. The van der Waals surface area contributed by atoms with E-state index in [9.17, 15) is 14.4 Å². The number of aryl methyl sites for hydroxylation is 1. The second kappa shape index (κ2) is 12.4. The summed E-state index contributed by atoms with van der Waals surface area (Å²) in [7, 11) is 0. The fourth-order valence-corrected chi connectivity index (χ4v) is 5.55. The Balaban J connectivity index is 1.51. The number of rotatable bonds is 10. The molecule has 0 fully saturated rings. The van der Waals surface area contributed by atoms with Gasteiger partial charge in [-0.3, -0.25) is 19.8 Å². The third-order valence-electron chi connectivity index (χ3n) is 5.38. The lowest BCUT2D eigenvalue weighted by Crippen LogP contribution is -2.38. The first-order valence-electron chi connectivity index (χ1n) is 11.5. The van der Waals surface area contributed by atoms with Gasteiger partial charge in [-0.1, -0.05) is 60.6 Å². The molecule has 37 heavy (non-hydrogen) atoms. The fourth-order valence-electron chi connectivity index (χ4n) is 3.39. The molecule has 192 valence electrons. The lowest BCUT2D eigenvalue weighted by atomic mass is 10.1. The highest BCUT2D eigenvalue weighted by atomic mass is 79.9. The van der Waals surface area contributed by atoms with Crippen LogP contribution in [0.15, 0.2) is 74.4 Å². The van der Waals surface area contributed by atoms with Gasteiger partial charge in [0.05, 0.1) is 15.2 Å². The number of thiophene rings is 1. The number of para-hydroxylation sites is 1. The summed E-state index contributed by atoms with van der Waals surface area (Å²) in [6, 6.07) is 16.8. The molecule has 0 saturated carbocycles. The number of nitrogens with zero attached hydrogens (tertiary/aromatic N) is 2. The fraction of sp³-hybridized carbons (Fsp3) is 0.231. The highest BCUT2D eigenvalue weighted by Crippen LogP contribution is 2.26. The number of fused-ring (bicyclic) bond motifs is 1. The summed E-state index contributed by atoms with van der Waals surface area (Å²) < 4.78 is 7.80. The van der Waals surface area contributed by atoms with Crippen LogP contribution < -0.4 is 21.0 Å². The van der Waals surface area contributed by atoms with E-state index in [1.54, 1.807) is 29.6 Å². The van der Waals surface area contributed by atoms with Crippen LogP contribution in [-0.2, 0) is 16.1 Å². The van der Waals surface area contributed by atoms with E-state index in [0.717, 1.165) is 27.6 Å². The summed E-state index contributed by atoms with van der Waals surface area (Å²) in [6.45, 7) is 3.98. The van der Waals surface area contributed by atoms with Crippen molar-refractivity contribution in [1.82, 2.24) is 15.0 Å². The molecule has 0 radical (unpaired) electrons. The number of aromatic nitrogens is 2. The van der Waals surface area contributed by atoms with E-state index in [0.29, 0.717) is 33.4 Å². The van der Waals surface area contributed by atoms with Crippen molar-refractivity contribution >= 4 is 61.1 Å². The maximum absolute atomic E-state index is 13.2. The first-order valence-corrected chi connectivity index (χ1v) is 14.1. The molecule has 0 aliphatic heterocycles. The Hall–Kier alpha value is -3.15. The van der Waals surface area contributed by atoms with E-state index in [4.69, 9.17) is 4.74 Å². The largest absolute Gasteiger partial charge is 0.483 e. The molecule has 0 spiro atoms. The maximum atomic E-state index is 13.2. The van der Waals surface area contributed by atoms with Crippen molar-refractivity contribution in [3.63, 3.8) is 0 Å². The average molecular weight is 602 g/mol. The van der Waals surface area contributed by atoms with E-state index < -0.39 is 16.7 Å². The van der Waals surface area contributed by atoms with Gasteiger partial charge in [0, 0.05) is 6.54 Å². The molecular weight excluding hydrogens is 576 g/mol. The SMILES string of the molecule is CC[C@@H](Sc1nc2ccsc2c(=O)n1NC(=O)COc1ccccc1Br)C(=O)NCc1ccc(C)cc1. The van der Waals surface area contributed by atoms with Crippen LogP contribution in [0.3, 0.4) is 0 Å². The number of amides is 2. The van der Waals surface area contributed by atoms with Crippen LogP contribution in [0.1, 0.15) is 24.5 Å². The Morgan fingerprint density at radius 2 is 1.92 bits per heavy atom. The molecule has 4 rings (SSSR count). The van der Waals surface area contributed by atoms with Crippen LogP contribution in [-0.4, -0.2) is 33.3 Å². The van der Waals surface area contributed by atoms with Crippen molar-refractivity contribution in [2.75, 3.05) is 12.0 Å². The van der Waals surface area contributed by atoms with Crippen molar-refractivity contribution in [1.29, 1.82) is 0 Å². The van der Waals surface area contributed by atoms with Crippen LogP contribution in [0.25, 0.3) is 10.2 Å². The van der Waals surface area contributed by atoms with E-state index in [2.05, 4.69) is 31.7 Å². The van der Waals surface area contributed by atoms with Crippen molar-refractivity contribution in [2.24, 2.45) is 0 Å². The molecule has 0 aliphatic rings. The third-order valence-corrected chi connectivity index (χ3v) is 8.24. The summed E-state index contributed by atoms with van der Waals surface area (Å²) in [6.07, 6.45) is 0.501. The summed E-state index contributed by atoms with van der Waals surface area (Å²) in [5.41, 5.74) is 4.84. The van der Waals surface area contributed by atoms with Crippen molar-refractivity contribution < 1.29 is 14.3 Å². The summed E-state index contributed by atoms with van der Waals surface area (Å²) >= 11 is 5.75. The first kappa shape index (κ1) is 26.9. The normalized spacial score (nSPS) is 11.8. The number of hydrogen-bond donors (Lipinski definition) is 2. The molecule has 2 aromatic heterocycles. The molecule has 2 N–H and O–H groups in total. The Kier molecular flexibility index (Phi) is 9.01. The molecule has 8 nitrogen and oxygen atoms in total. The molecular formula is C26H25BrN4O4S2. The molecule has 1 atom stereocenters. The molecule has 0 bridgehead atoms. The van der Waals surface area contributed by atoms with E-state index >= 15 is 0 Å². The summed E-state index contributed by atoms with van der Waals surface area (Å²) in [4.78, 5) is 43.5. The maximum Gasteiger partial charge on any atom is 0.291 e. The highest BCUT2D eigenvalue weighted by molar-refractivity contribution is 9.10. The quantitative estimate of drug-likeness (QED) is 0.199. The summed E-state index contributed by atoms with van der Waals surface area (Å²) in [5.74, 6) is -0.208. The lowest BCUT2D eigenvalue weighted by Gasteiger charge is -2.18. The van der Waals surface area contributed by atoms with Gasteiger partial charge in [0.25, 0.3) is 11.5 Å². The van der Waals surface area contributed by atoms with E-state index in [-0.39, 0.29) is 17.7 Å². The number of hydrogen-bond acceptors (Lipinski definition) is 7. The van der Waals surface area contributed by atoms with E-state index in [1.165, 1.54) is 11.3 Å². The topological polar surface area (TPSA) is 102 Å². The minimum atomic E-state index is -0.533. The zero-order valence-corrected chi connectivity index (χ0v) is 23.4. The standard InChI is InChI=1S/C26H25BrN4O4S2/c1-3-21(24(33)28-14-17-10-8-16(2)9-11-17)37-26-29-19-12-13-36-23(19)25(34)31(26)30-22(32)15-35-20-7-5-4-6-18(20)27/h4-13,21H,3,14-15H2,1-2H3,(H,28,33)(H,30,32)/t21-/m1/s1. The van der Waals surface area contributed by atoms with Gasteiger partial charge < -0.3 is 10.1 Å². The number of nitrogens with one attached hydrogen (secondary N) is 2. The third kappa shape index (κ3) is 6.79. The Labute approximate surface area is 230 Å². The highest BCUT2D eigenvalue weighted by Gasteiger charge is 2.23. The summed E-state index contributed by atoms with van der Waals surface area (Å²) in [5, 5.41) is 4.43. The Morgan fingerprint density at radius 3 is 2.65 bits per heavy atom. The number of thioether (sulfide) groups is 1. The van der Waals surface area contributed by atoms with Gasteiger partial charge >= 0.3 is 0 Å². The van der Waals surface area contributed by atoms with Gasteiger partial charge in [0.2, 0.25) is 5.91 Å². The number of carbonyl (C=O) groups excluding carboxylic acids is 2. The van der Waals surface area contributed by atoms with Crippen LogP contribution in [0, 0.1) is 6.92 Å². The Morgan fingerprint density at radius 1 is 1.16 bits per heavy atom. The van der Waals surface area contributed by atoms with Gasteiger partial charge in [0.1, 0.15) is 10.4 Å². The van der Waals surface area contributed by atoms with Gasteiger partial charge in [-0.2, -0.15) is 4.68 Å². The minimum absolute atomic E-state index is 0.178. The molecule has 0 unspecified atom stereocenters. The van der Waals surface area contributed by atoms with E-state index in [1.807, 2.05) is 44.2 Å². The monoisotopic (exact) mass is 600 g/mol. The molecule has 2 heterocycles. The molecule has 0 saturated heterocycles. The van der Waals surface area contributed by atoms with Crippen molar-refractivity contribution in [2.45, 2.75) is 37.2 Å². The molecule has 4 aromatic rings. The predicted octanol–water partition coefficient (Wildman–Crippen LogP) is 4.87. The van der Waals surface area contributed by atoms with Crippen LogP contribution in [0.4, 0.5) is 0 Å². The van der Waals surface area contributed by atoms with Gasteiger partial charge in [-0.15, -0.1) is 11.3 Å². The number of ether oxygens (including phenoxy) is 1. The molecule has 0 aliphatic carbocycles. The first-order chi connectivity index (χ1) is 17.9. The molecule has 11 heteroatoms. The van der Waals surface area contributed by atoms with Crippen LogP contribution in [0.5, 0.6) is 5.75 Å². The van der Waals surface area contributed by atoms with Gasteiger partial charge in [0.15, 0.2) is 11.8 Å². The minimum Gasteiger partial charge on any atom is -0.483 e. The number of benzene rings is 2. The second-order valence-corrected chi connectivity index (χ2v) is 11.1. The predicted molar refractivity (Wildman–Crippen MR) is 151 cm³/mol. The molecule has 2 amide bonds.